The lowest BCUT2D eigenvalue weighted by molar-refractivity contribution is 0.630. The molecule has 0 aliphatic carbocycles. The first-order chi connectivity index (χ1) is 8.10. The summed E-state index contributed by atoms with van der Waals surface area (Å²) in [7, 11) is 0. The second-order valence-electron chi connectivity index (χ2n) is 4.22. The van der Waals surface area contributed by atoms with Gasteiger partial charge in [0, 0.05) is 9.58 Å². The van der Waals surface area contributed by atoms with E-state index < -0.39 is 0 Å². The zero-order valence-electron chi connectivity index (χ0n) is 9.83. The summed E-state index contributed by atoms with van der Waals surface area (Å²) < 4.78 is 14.0. The fourth-order valence-electron chi connectivity index (χ4n) is 1.72. The first kappa shape index (κ1) is 12.2. The Labute approximate surface area is 104 Å². The number of thiophene rings is 1. The number of hydrogen-bond acceptors (Lipinski definition) is 3. The molecule has 0 saturated heterocycles. The van der Waals surface area contributed by atoms with Crippen LogP contribution >= 0.6 is 11.3 Å². The maximum Gasteiger partial charge on any atom is 0.124 e. The van der Waals surface area contributed by atoms with Crippen molar-refractivity contribution in [1.82, 2.24) is 5.43 Å². The molecule has 2 nitrogen and oxygen atoms in total. The Morgan fingerprint density at radius 2 is 2.18 bits per heavy atom. The molecule has 4 heteroatoms. The van der Waals surface area contributed by atoms with Crippen molar-refractivity contribution in [2.75, 3.05) is 0 Å². The Bertz CT molecular complexity index is 556. The quantitative estimate of drug-likeness (QED) is 0.497. The Morgan fingerprint density at radius 1 is 1.41 bits per heavy atom. The number of rotatable bonds is 3. The van der Waals surface area contributed by atoms with Gasteiger partial charge in [-0.05, 0) is 37.4 Å². The van der Waals surface area contributed by atoms with Crippen LogP contribution in [0, 0.1) is 5.82 Å². The van der Waals surface area contributed by atoms with Gasteiger partial charge in [-0.25, -0.2) is 9.82 Å². The number of hydrazine groups is 1. The van der Waals surface area contributed by atoms with Crippen LogP contribution in [0.2, 0.25) is 0 Å². The summed E-state index contributed by atoms with van der Waals surface area (Å²) >= 11 is 1.56. The molecular weight excluding hydrogens is 235 g/mol. The molecule has 90 valence electrons. The maximum absolute atomic E-state index is 13.1. The van der Waals surface area contributed by atoms with Crippen LogP contribution in [0.4, 0.5) is 4.39 Å². The summed E-state index contributed by atoms with van der Waals surface area (Å²) in [5.41, 5.74) is 3.96. The molecule has 0 fully saturated rings. The van der Waals surface area contributed by atoms with Gasteiger partial charge in [-0.15, -0.1) is 11.3 Å². The number of halogens is 1. The van der Waals surface area contributed by atoms with E-state index in [0.29, 0.717) is 0 Å². The zero-order valence-corrected chi connectivity index (χ0v) is 10.6. The van der Waals surface area contributed by atoms with Gasteiger partial charge in [0.25, 0.3) is 0 Å². The molecule has 1 aromatic heterocycles. The van der Waals surface area contributed by atoms with E-state index in [-0.39, 0.29) is 11.9 Å². The van der Waals surface area contributed by atoms with Gasteiger partial charge in [-0.3, -0.25) is 5.84 Å². The van der Waals surface area contributed by atoms with Gasteiger partial charge >= 0.3 is 0 Å². The van der Waals surface area contributed by atoms with E-state index in [9.17, 15) is 4.39 Å². The van der Waals surface area contributed by atoms with E-state index in [1.54, 1.807) is 23.5 Å². The van der Waals surface area contributed by atoms with Crippen molar-refractivity contribution in [1.29, 1.82) is 0 Å². The summed E-state index contributed by atoms with van der Waals surface area (Å²) in [6.07, 6.45) is 2.06. The van der Waals surface area contributed by atoms with E-state index in [2.05, 4.69) is 11.5 Å². The third-order valence-corrected chi connectivity index (χ3v) is 3.67. The topological polar surface area (TPSA) is 38.0 Å². The van der Waals surface area contributed by atoms with Gasteiger partial charge in [-0.2, -0.15) is 0 Å². The van der Waals surface area contributed by atoms with E-state index in [1.807, 2.05) is 19.9 Å². The Morgan fingerprint density at radius 3 is 2.82 bits per heavy atom. The second-order valence-corrected chi connectivity index (χ2v) is 5.33. The molecule has 0 aliphatic heterocycles. The number of nitrogens with one attached hydrogen (secondary N) is 1. The Balaban J connectivity index is 2.44. The molecule has 0 saturated carbocycles. The average molecular weight is 250 g/mol. The van der Waals surface area contributed by atoms with E-state index in [0.717, 1.165) is 15.0 Å². The van der Waals surface area contributed by atoms with Crippen LogP contribution in [0.1, 0.15) is 24.8 Å². The predicted octanol–water partition coefficient (Wildman–Crippen LogP) is 3.51. The fourth-order valence-corrected chi connectivity index (χ4v) is 2.84. The normalized spacial score (nSPS) is 12.7. The van der Waals surface area contributed by atoms with Crippen molar-refractivity contribution in [3.05, 3.63) is 46.6 Å². The minimum atomic E-state index is -0.203. The number of fused-ring (bicyclic) bond motifs is 1. The van der Waals surface area contributed by atoms with Crippen molar-refractivity contribution in [2.24, 2.45) is 5.84 Å². The maximum atomic E-state index is 13.1. The summed E-state index contributed by atoms with van der Waals surface area (Å²) in [6.45, 7) is 4.05. The van der Waals surface area contributed by atoms with Crippen LogP contribution in [0.3, 0.4) is 0 Å². The Kier molecular flexibility index (Phi) is 3.57. The largest absolute Gasteiger partial charge is 0.271 e. The van der Waals surface area contributed by atoms with Gasteiger partial charge in [0.1, 0.15) is 5.82 Å². The highest BCUT2D eigenvalue weighted by atomic mass is 32.1. The van der Waals surface area contributed by atoms with Crippen molar-refractivity contribution < 1.29 is 4.39 Å². The molecule has 0 spiro atoms. The lowest BCUT2D eigenvalue weighted by Gasteiger charge is -2.09. The molecule has 2 rings (SSSR count). The lowest BCUT2D eigenvalue weighted by Crippen LogP contribution is -2.26. The number of allylic oxidation sites excluding steroid dienone is 1. The lowest BCUT2D eigenvalue weighted by atomic mass is 10.1. The fraction of sp³-hybridized carbons (Fsp3) is 0.231. The van der Waals surface area contributed by atoms with Gasteiger partial charge in [-0.1, -0.05) is 17.7 Å². The standard InChI is InChI=1S/C13H15FN2S/c1-8(2)5-11(16-15)13-6-9-3-4-10(14)7-12(9)17-13/h3-7,11,16H,15H2,1-2H3. The van der Waals surface area contributed by atoms with E-state index >= 15 is 0 Å². The van der Waals surface area contributed by atoms with Crippen LogP contribution in [0.15, 0.2) is 35.9 Å². The first-order valence-corrected chi connectivity index (χ1v) is 6.22. The SMILES string of the molecule is CC(C)=CC(NN)c1cc2ccc(F)cc2s1. The highest BCUT2D eigenvalue weighted by molar-refractivity contribution is 7.19. The van der Waals surface area contributed by atoms with Gasteiger partial charge < -0.3 is 0 Å². The van der Waals surface area contributed by atoms with Crippen molar-refractivity contribution in [3.63, 3.8) is 0 Å². The molecule has 1 aromatic carbocycles. The number of nitrogens with two attached hydrogens (primary N) is 1. The van der Waals surface area contributed by atoms with Gasteiger partial charge in [0.15, 0.2) is 0 Å². The Hall–Kier alpha value is -1.23. The van der Waals surface area contributed by atoms with Crippen molar-refractivity contribution >= 4 is 21.4 Å². The highest BCUT2D eigenvalue weighted by Crippen LogP contribution is 2.31. The van der Waals surface area contributed by atoms with E-state index in [4.69, 9.17) is 5.84 Å². The third kappa shape index (κ3) is 2.72. The molecule has 1 unspecified atom stereocenters. The molecule has 17 heavy (non-hydrogen) atoms. The smallest absolute Gasteiger partial charge is 0.124 e. The van der Waals surface area contributed by atoms with Gasteiger partial charge in [0.05, 0.1) is 6.04 Å². The molecule has 0 bridgehead atoms. The zero-order chi connectivity index (χ0) is 12.4. The number of benzene rings is 1. The molecule has 1 heterocycles. The average Bonchev–Trinajstić information content (AvgIpc) is 2.68. The summed E-state index contributed by atoms with van der Waals surface area (Å²) in [5, 5.41) is 1.05. The molecular formula is C13H15FN2S. The van der Waals surface area contributed by atoms with Crippen LogP contribution in [-0.2, 0) is 0 Å². The van der Waals surface area contributed by atoms with Crippen LogP contribution in [0.25, 0.3) is 10.1 Å². The van der Waals surface area contributed by atoms with Crippen molar-refractivity contribution in [2.45, 2.75) is 19.9 Å². The molecule has 0 radical (unpaired) electrons. The van der Waals surface area contributed by atoms with Crippen molar-refractivity contribution in [3.8, 4) is 0 Å². The molecule has 1 atom stereocenters. The van der Waals surface area contributed by atoms with Crippen LogP contribution in [-0.4, -0.2) is 0 Å². The minimum Gasteiger partial charge on any atom is -0.271 e. The predicted molar refractivity (Wildman–Crippen MR) is 71.3 cm³/mol. The molecule has 2 aromatic rings. The van der Waals surface area contributed by atoms with Crippen LogP contribution in [0.5, 0.6) is 0 Å². The first-order valence-electron chi connectivity index (χ1n) is 5.40. The monoisotopic (exact) mass is 250 g/mol. The second kappa shape index (κ2) is 4.96. The summed E-state index contributed by atoms with van der Waals surface area (Å²) in [4.78, 5) is 1.09. The minimum absolute atomic E-state index is 0.0135. The van der Waals surface area contributed by atoms with E-state index in [1.165, 1.54) is 11.6 Å². The van der Waals surface area contributed by atoms with Gasteiger partial charge in [0.2, 0.25) is 0 Å². The summed E-state index contributed by atoms with van der Waals surface area (Å²) in [6, 6.07) is 6.86. The number of hydrogen-bond donors (Lipinski definition) is 2. The molecule has 0 aliphatic rings. The van der Waals surface area contributed by atoms with Crippen LogP contribution < -0.4 is 11.3 Å². The third-order valence-electron chi connectivity index (χ3n) is 2.49. The molecule has 3 N–H and O–H groups in total. The molecule has 0 amide bonds. The summed E-state index contributed by atoms with van der Waals surface area (Å²) in [5.74, 6) is 5.34. The highest BCUT2D eigenvalue weighted by Gasteiger charge is 2.10.